The standard InChI is InChI=1S/C10H14O5/c1-3-7(9-5(1)11-9)13-15-14-8-4-2-6-10(8)12-6/h5-10H,1-4H2. The second kappa shape index (κ2) is 3.15. The van der Waals surface area contributed by atoms with Crippen molar-refractivity contribution in [1.82, 2.24) is 0 Å². The van der Waals surface area contributed by atoms with E-state index in [9.17, 15) is 0 Å². The Hall–Kier alpha value is -0.200. The number of hydrogen-bond donors (Lipinski definition) is 0. The van der Waals surface area contributed by atoms with Crippen LogP contribution in [0.15, 0.2) is 0 Å². The minimum Gasteiger partial charge on any atom is -0.367 e. The van der Waals surface area contributed by atoms with Crippen LogP contribution in [0, 0.1) is 0 Å². The summed E-state index contributed by atoms with van der Waals surface area (Å²) in [5.41, 5.74) is 0. The average molecular weight is 214 g/mol. The van der Waals surface area contributed by atoms with E-state index in [1.807, 2.05) is 0 Å². The van der Waals surface area contributed by atoms with E-state index in [0.29, 0.717) is 12.2 Å². The Morgan fingerprint density at radius 3 is 1.60 bits per heavy atom. The number of ether oxygens (including phenoxy) is 2. The largest absolute Gasteiger partial charge is 0.367 e. The monoisotopic (exact) mass is 214 g/mol. The molecule has 4 fully saturated rings. The fourth-order valence-electron chi connectivity index (χ4n) is 2.75. The van der Waals surface area contributed by atoms with Crippen LogP contribution in [0.4, 0.5) is 0 Å². The Balaban J connectivity index is 1.21. The molecule has 0 aromatic carbocycles. The van der Waals surface area contributed by atoms with Gasteiger partial charge in [-0.25, -0.2) is 0 Å². The molecule has 4 rings (SSSR count). The summed E-state index contributed by atoms with van der Waals surface area (Å²) in [5.74, 6) is 0. The highest BCUT2D eigenvalue weighted by Gasteiger charge is 2.53. The molecule has 0 amide bonds. The molecule has 6 atom stereocenters. The lowest BCUT2D eigenvalue weighted by atomic mass is 10.3. The third-order valence-electron chi connectivity index (χ3n) is 3.77. The van der Waals surface area contributed by atoms with Crippen LogP contribution in [-0.2, 0) is 24.3 Å². The van der Waals surface area contributed by atoms with Crippen molar-refractivity contribution in [2.24, 2.45) is 0 Å². The molecule has 2 heterocycles. The summed E-state index contributed by atoms with van der Waals surface area (Å²) in [4.78, 5) is 10.4. The van der Waals surface area contributed by atoms with Crippen LogP contribution >= 0.6 is 0 Å². The molecule has 15 heavy (non-hydrogen) atoms. The maximum Gasteiger partial charge on any atom is 0.125 e. The first-order chi connectivity index (χ1) is 7.42. The molecular formula is C10H14O5. The van der Waals surface area contributed by atoms with Crippen molar-refractivity contribution in [1.29, 1.82) is 0 Å². The average Bonchev–Trinajstić information content (AvgIpc) is 3.13. The molecule has 2 aliphatic heterocycles. The van der Waals surface area contributed by atoms with Crippen LogP contribution in [0.2, 0.25) is 0 Å². The van der Waals surface area contributed by atoms with E-state index in [0.717, 1.165) is 25.7 Å². The Labute approximate surface area is 87.4 Å². The fraction of sp³-hybridized carbons (Fsp3) is 1.00. The van der Waals surface area contributed by atoms with Gasteiger partial charge in [-0.2, -0.15) is 9.78 Å². The highest BCUT2D eigenvalue weighted by Crippen LogP contribution is 2.42. The number of rotatable bonds is 4. The van der Waals surface area contributed by atoms with Gasteiger partial charge in [-0.05, 0) is 25.7 Å². The molecule has 0 aromatic heterocycles. The summed E-state index contributed by atoms with van der Waals surface area (Å²) in [5, 5.41) is 4.84. The minimum atomic E-state index is 0.0623. The third kappa shape index (κ3) is 1.50. The lowest BCUT2D eigenvalue weighted by Crippen LogP contribution is -2.21. The molecular weight excluding hydrogens is 200 g/mol. The third-order valence-corrected chi connectivity index (χ3v) is 3.77. The van der Waals surface area contributed by atoms with Gasteiger partial charge in [0, 0.05) is 0 Å². The Bertz CT molecular complexity index is 245. The summed E-state index contributed by atoms with van der Waals surface area (Å²) in [7, 11) is 0. The maximum atomic E-state index is 5.33. The van der Waals surface area contributed by atoms with Crippen molar-refractivity contribution in [3.8, 4) is 0 Å². The van der Waals surface area contributed by atoms with Gasteiger partial charge in [-0.1, -0.05) is 5.04 Å². The molecule has 0 bridgehead atoms. The SMILES string of the molecule is C1CC2OC2C1OOOC1CCC2OC12. The zero-order chi connectivity index (χ0) is 9.83. The van der Waals surface area contributed by atoms with Crippen LogP contribution in [0.25, 0.3) is 0 Å². The fourth-order valence-corrected chi connectivity index (χ4v) is 2.75. The molecule has 2 aliphatic carbocycles. The number of epoxide rings is 2. The smallest absolute Gasteiger partial charge is 0.125 e. The summed E-state index contributed by atoms with van der Waals surface area (Å²) < 4.78 is 10.7. The van der Waals surface area contributed by atoms with E-state index in [-0.39, 0.29) is 24.4 Å². The highest BCUT2D eigenvalue weighted by molar-refractivity contribution is 4.99. The normalized spacial score (nSPS) is 55.2. The molecule has 4 aliphatic rings. The van der Waals surface area contributed by atoms with Crippen LogP contribution in [0.3, 0.4) is 0 Å². The first-order valence-electron chi connectivity index (χ1n) is 5.71. The summed E-state index contributed by atoms with van der Waals surface area (Å²) in [6, 6.07) is 0. The van der Waals surface area contributed by atoms with E-state index in [2.05, 4.69) is 0 Å². The molecule has 84 valence electrons. The van der Waals surface area contributed by atoms with Gasteiger partial charge in [0.05, 0.1) is 12.2 Å². The van der Waals surface area contributed by atoms with Crippen LogP contribution in [0.1, 0.15) is 25.7 Å². The van der Waals surface area contributed by atoms with Crippen molar-refractivity contribution < 1.29 is 24.3 Å². The van der Waals surface area contributed by atoms with Crippen molar-refractivity contribution in [3.05, 3.63) is 0 Å². The van der Waals surface area contributed by atoms with Gasteiger partial charge in [0.2, 0.25) is 0 Å². The molecule has 5 nitrogen and oxygen atoms in total. The molecule has 2 saturated carbocycles. The van der Waals surface area contributed by atoms with Crippen LogP contribution < -0.4 is 0 Å². The number of fused-ring (bicyclic) bond motifs is 2. The maximum absolute atomic E-state index is 5.33. The molecule has 0 radical (unpaired) electrons. The van der Waals surface area contributed by atoms with Gasteiger partial charge in [-0.3, -0.25) is 0 Å². The van der Waals surface area contributed by atoms with Crippen molar-refractivity contribution >= 4 is 0 Å². The van der Waals surface area contributed by atoms with Crippen molar-refractivity contribution in [2.75, 3.05) is 0 Å². The lowest BCUT2D eigenvalue weighted by Gasteiger charge is -2.13. The summed E-state index contributed by atoms with van der Waals surface area (Å²) in [6.07, 6.45) is 5.63. The molecule has 6 unspecified atom stereocenters. The molecule has 2 saturated heterocycles. The Morgan fingerprint density at radius 1 is 0.733 bits per heavy atom. The van der Waals surface area contributed by atoms with Gasteiger partial charge in [0.15, 0.2) is 0 Å². The highest BCUT2D eigenvalue weighted by atomic mass is 17.5. The Morgan fingerprint density at radius 2 is 1.27 bits per heavy atom. The van der Waals surface area contributed by atoms with Gasteiger partial charge >= 0.3 is 0 Å². The predicted octanol–water partition coefficient (Wildman–Crippen LogP) is 0.726. The zero-order valence-corrected chi connectivity index (χ0v) is 8.33. The lowest BCUT2D eigenvalue weighted by molar-refractivity contribution is -0.540. The van der Waals surface area contributed by atoms with Crippen molar-refractivity contribution in [2.45, 2.75) is 62.3 Å². The van der Waals surface area contributed by atoms with E-state index in [1.165, 1.54) is 0 Å². The second-order valence-electron chi connectivity index (χ2n) is 4.77. The van der Waals surface area contributed by atoms with E-state index >= 15 is 0 Å². The molecule has 5 heteroatoms. The summed E-state index contributed by atoms with van der Waals surface area (Å²) in [6.45, 7) is 0. The molecule has 0 N–H and O–H groups in total. The van der Waals surface area contributed by atoms with Gasteiger partial charge < -0.3 is 9.47 Å². The van der Waals surface area contributed by atoms with Crippen LogP contribution in [-0.4, -0.2) is 36.6 Å². The van der Waals surface area contributed by atoms with Gasteiger partial charge in [-0.15, -0.1) is 0 Å². The van der Waals surface area contributed by atoms with Gasteiger partial charge in [0.1, 0.15) is 24.4 Å². The Kier molecular flexibility index (Phi) is 1.87. The summed E-state index contributed by atoms with van der Waals surface area (Å²) >= 11 is 0. The van der Waals surface area contributed by atoms with Gasteiger partial charge in [0.25, 0.3) is 0 Å². The van der Waals surface area contributed by atoms with Crippen molar-refractivity contribution in [3.63, 3.8) is 0 Å². The second-order valence-corrected chi connectivity index (χ2v) is 4.77. The first kappa shape index (κ1) is 8.90. The first-order valence-corrected chi connectivity index (χ1v) is 5.71. The van der Waals surface area contributed by atoms with Crippen LogP contribution in [0.5, 0.6) is 0 Å². The molecule has 0 spiro atoms. The minimum absolute atomic E-state index is 0.0623. The quantitative estimate of drug-likeness (QED) is 0.392. The molecule has 0 aromatic rings. The number of hydrogen-bond acceptors (Lipinski definition) is 5. The van der Waals surface area contributed by atoms with E-state index < -0.39 is 0 Å². The van der Waals surface area contributed by atoms with E-state index in [4.69, 9.17) is 24.3 Å². The topological polar surface area (TPSA) is 52.8 Å². The zero-order valence-electron chi connectivity index (χ0n) is 8.33. The predicted molar refractivity (Wildman–Crippen MR) is 46.6 cm³/mol. The van der Waals surface area contributed by atoms with E-state index in [1.54, 1.807) is 0 Å².